The van der Waals surface area contributed by atoms with E-state index in [9.17, 15) is 13.2 Å². The molecule has 0 fully saturated rings. The van der Waals surface area contributed by atoms with Crippen molar-refractivity contribution in [3.63, 3.8) is 0 Å². The molecule has 0 amide bonds. The summed E-state index contributed by atoms with van der Waals surface area (Å²) in [5, 5.41) is 9.00. The maximum atomic E-state index is 12.5. The minimum Gasteiger partial charge on any atom is -0.482 e. The molecule has 0 aromatic heterocycles. The second-order valence-corrected chi connectivity index (χ2v) is 7.01. The SMILES string of the molecule is CN(c1ccc(OCC(=O)O)cc1)S(=O)(=O)c1ccc(Cl)cc1. The molecule has 0 heterocycles. The van der Waals surface area contributed by atoms with Crippen molar-refractivity contribution >= 4 is 33.3 Å². The molecule has 2 rings (SSSR count). The summed E-state index contributed by atoms with van der Waals surface area (Å²) < 4.78 is 31.2. The van der Waals surface area contributed by atoms with Crippen LogP contribution in [0.4, 0.5) is 5.69 Å². The summed E-state index contributed by atoms with van der Waals surface area (Å²) in [6, 6.07) is 11.9. The first-order valence-corrected chi connectivity index (χ1v) is 8.31. The number of aliphatic carboxylic acids is 1. The lowest BCUT2D eigenvalue weighted by atomic mass is 10.3. The van der Waals surface area contributed by atoms with Gasteiger partial charge in [0.25, 0.3) is 10.0 Å². The van der Waals surface area contributed by atoms with E-state index in [1.165, 1.54) is 55.6 Å². The molecular weight excluding hydrogens is 342 g/mol. The molecule has 0 bridgehead atoms. The number of sulfonamides is 1. The van der Waals surface area contributed by atoms with Crippen LogP contribution >= 0.6 is 11.6 Å². The number of rotatable bonds is 6. The molecule has 8 heteroatoms. The highest BCUT2D eigenvalue weighted by Crippen LogP contribution is 2.25. The maximum absolute atomic E-state index is 12.5. The Morgan fingerprint density at radius 3 is 2.22 bits per heavy atom. The van der Waals surface area contributed by atoms with Gasteiger partial charge in [0.1, 0.15) is 5.75 Å². The van der Waals surface area contributed by atoms with Gasteiger partial charge in [0, 0.05) is 12.1 Å². The van der Waals surface area contributed by atoms with Crippen LogP contribution in [0.2, 0.25) is 5.02 Å². The molecule has 1 N–H and O–H groups in total. The fraction of sp³-hybridized carbons (Fsp3) is 0.133. The Kier molecular flexibility index (Phi) is 5.12. The molecule has 0 radical (unpaired) electrons. The Bertz CT molecular complexity index is 788. The topological polar surface area (TPSA) is 83.9 Å². The van der Waals surface area contributed by atoms with Crippen LogP contribution in [0.5, 0.6) is 5.75 Å². The molecule has 0 unspecified atom stereocenters. The van der Waals surface area contributed by atoms with E-state index in [-0.39, 0.29) is 4.90 Å². The van der Waals surface area contributed by atoms with Gasteiger partial charge < -0.3 is 9.84 Å². The van der Waals surface area contributed by atoms with Gasteiger partial charge >= 0.3 is 5.97 Å². The molecular formula is C15H14ClNO5S. The lowest BCUT2D eigenvalue weighted by Crippen LogP contribution is -2.26. The van der Waals surface area contributed by atoms with Gasteiger partial charge in [-0.25, -0.2) is 13.2 Å². The van der Waals surface area contributed by atoms with E-state index in [0.29, 0.717) is 16.5 Å². The Balaban J connectivity index is 2.20. The van der Waals surface area contributed by atoms with Crippen LogP contribution in [0, 0.1) is 0 Å². The minimum absolute atomic E-state index is 0.121. The van der Waals surface area contributed by atoms with Gasteiger partial charge in [-0.2, -0.15) is 0 Å². The van der Waals surface area contributed by atoms with Crippen molar-refractivity contribution in [2.45, 2.75) is 4.90 Å². The summed E-state index contributed by atoms with van der Waals surface area (Å²) in [5.41, 5.74) is 0.419. The van der Waals surface area contributed by atoms with Crippen LogP contribution in [0.25, 0.3) is 0 Å². The van der Waals surface area contributed by atoms with Crippen LogP contribution < -0.4 is 9.04 Å². The maximum Gasteiger partial charge on any atom is 0.341 e. The first-order chi connectivity index (χ1) is 10.8. The number of carboxylic acids is 1. The van der Waals surface area contributed by atoms with E-state index in [4.69, 9.17) is 21.4 Å². The summed E-state index contributed by atoms with van der Waals surface area (Å²) in [7, 11) is -2.28. The van der Waals surface area contributed by atoms with Gasteiger partial charge in [-0.3, -0.25) is 4.31 Å². The van der Waals surface area contributed by atoms with Crippen molar-refractivity contribution in [2.75, 3.05) is 18.0 Å². The van der Waals surface area contributed by atoms with Crippen molar-refractivity contribution in [2.24, 2.45) is 0 Å². The fourth-order valence-electron chi connectivity index (χ4n) is 1.80. The van der Waals surface area contributed by atoms with Gasteiger partial charge in [0.05, 0.1) is 10.6 Å². The van der Waals surface area contributed by atoms with Crippen molar-refractivity contribution in [1.82, 2.24) is 0 Å². The van der Waals surface area contributed by atoms with Gasteiger partial charge in [-0.15, -0.1) is 0 Å². The number of anilines is 1. The molecule has 23 heavy (non-hydrogen) atoms. The van der Waals surface area contributed by atoms with Gasteiger partial charge in [-0.05, 0) is 48.5 Å². The number of nitrogens with zero attached hydrogens (tertiary/aromatic N) is 1. The molecule has 0 aliphatic rings. The Labute approximate surface area is 138 Å². The lowest BCUT2D eigenvalue weighted by Gasteiger charge is -2.19. The van der Waals surface area contributed by atoms with E-state index >= 15 is 0 Å². The van der Waals surface area contributed by atoms with Crippen LogP contribution in [0.3, 0.4) is 0 Å². The monoisotopic (exact) mass is 355 g/mol. The van der Waals surface area contributed by atoms with Crippen LogP contribution in [-0.2, 0) is 14.8 Å². The van der Waals surface area contributed by atoms with Crippen molar-refractivity contribution in [3.05, 3.63) is 53.6 Å². The van der Waals surface area contributed by atoms with E-state index in [2.05, 4.69) is 0 Å². The first-order valence-electron chi connectivity index (χ1n) is 6.50. The zero-order valence-corrected chi connectivity index (χ0v) is 13.7. The van der Waals surface area contributed by atoms with Crippen LogP contribution in [0.1, 0.15) is 0 Å². The van der Waals surface area contributed by atoms with Crippen molar-refractivity contribution in [1.29, 1.82) is 0 Å². The molecule has 0 saturated heterocycles. The predicted molar refractivity (Wildman–Crippen MR) is 86.6 cm³/mol. The second kappa shape index (κ2) is 6.89. The quantitative estimate of drug-likeness (QED) is 0.861. The molecule has 0 atom stereocenters. The molecule has 122 valence electrons. The van der Waals surface area contributed by atoms with Crippen LogP contribution in [0.15, 0.2) is 53.4 Å². The Morgan fingerprint density at radius 2 is 1.70 bits per heavy atom. The number of hydrogen-bond acceptors (Lipinski definition) is 4. The number of carbonyl (C=O) groups is 1. The molecule has 0 spiro atoms. The highest BCUT2D eigenvalue weighted by atomic mass is 35.5. The van der Waals surface area contributed by atoms with Gasteiger partial charge in [-0.1, -0.05) is 11.6 Å². The summed E-state index contributed by atoms with van der Waals surface area (Å²) in [6.07, 6.45) is 0. The average Bonchev–Trinajstić information content (AvgIpc) is 2.53. The summed E-state index contributed by atoms with van der Waals surface area (Å²) in [4.78, 5) is 10.6. The van der Waals surface area contributed by atoms with E-state index in [1.807, 2.05) is 0 Å². The molecule has 0 aliphatic heterocycles. The van der Waals surface area contributed by atoms with E-state index in [1.54, 1.807) is 0 Å². The fourth-order valence-corrected chi connectivity index (χ4v) is 3.12. The van der Waals surface area contributed by atoms with Crippen molar-refractivity contribution in [3.8, 4) is 5.75 Å². The molecule has 0 saturated carbocycles. The smallest absolute Gasteiger partial charge is 0.341 e. The standard InChI is InChI=1S/C15H14ClNO5S/c1-17(23(20,21)14-8-2-11(16)3-9-14)12-4-6-13(7-5-12)22-10-15(18)19/h2-9H,10H2,1H3,(H,18,19). The molecule has 2 aromatic rings. The third kappa shape index (κ3) is 4.14. The summed E-state index contributed by atoms with van der Waals surface area (Å²) >= 11 is 5.76. The highest BCUT2D eigenvalue weighted by molar-refractivity contribution is 7.92. The number of ether oxygens (including phenoxy) is 1. The Hall–Kier alpha value is -2.25. The molecule has 6 nitrogen and oxygen atoms in total. The third-order valence-corrected chi connectivity index (χ3v) is 5.09. The first kappa shape index (κ1) is 17.1. The van der Waals surface area contributed by atoms with Crippen LogP contribution in [-0.4, -0.2) is 33.1 Å². The number of halogens is 1. The van der Waals surface area contributed by atoms with Gasteiger partial charge in [0.2, 0.25) is 0 Å². The number of benzene rings is 2. The van der Waals surface area contributed by atoms with E-state index in [0.717, 1.165) is 4.31 Å². The zero-order valence-electron chi connectivity index (χ0n) is 12.1. The predicted octanol–water partition coefficient (Wildman–Crippen LogP) is 2.63. The largest absolute Gasteiger partial charge is 0.482 e. The minimum atomic E-state index is -3.71. The highest BCUT2D eigenvalue weighted by Gasteiger charge is 2.21. The average molecular weight is 356 g/mol. The van der Waals surface area contributed by atoms with Gasteiger partial charge in [0.15, 0.2) is 6.61 Å². The van der Waals surface area contributed by atoms with E-state index < -0.39 is 22.6 Å². The number of carboxylic acid groups (broad SMARTS) is 1. The third-order valence-electron chi connectivity index (χ3n) is 3.03. The number of hydrogen-bond donors (Lipinski definition) is 1. The molecule has 0 aliphatic carbocycles. The lowest BCUT2D eigenvalue weighted by molar-refractivity contribution is -0.139. The Morgan fingerprint density at radius 1 is 1.13 bits per heavy atom. The second-order valence-electron chi connectivity index (χ2n) is 4.60. The summed E-state index contributed by atoms with van der Waals surface area (Å²) in [6.45, 7) is -0.460. The molecule has 2 aromatic carbocycles. The normalized spacial score (nSPS) is 11.0. The van der Waals surface area contributed by atoms with Crippen molar-refractivity contribution < 1.29 is 23.1 Å². The summed E-state index contributed by atoms with van der Waals surface area (Å²) in [5.74, 6) is -0.745. The zero-order chi connectivity index (χ0) is 17.0.